The lowest BCUT2D eigenvalue weighted by molar-refractivity contribution is 0.308. The molecule has 0 aliphatic rings. The van der Waals surface area contributed by atoms with Gasteiger partial charge in [0.2, 0.25) is 5.95 Å². The molecule has 0 atom stereocenters. The van der Waals surface area contributed by atoms with Crippen LogP contribution in [0.4, 0.5) is 5.95 Å². The lowest BCUT2D eigenvalue weighted by Gasteiger charge is -2.11. The average Bonchev–Trinajstić information content (AvgIpc) is 2.99. The summed E-state index contributed by atoms with van der Waals surface area (Å²) in [5.74, 6) is 2.04. The predicted octanol–water partition coefficient (Wildman–Crippen LogP) is 4.02. The lowest BCUT2D eigenvalue weighted by atomic mass is 10.2. The van der Waals surface area contributed by atoms with Gasteiger partial charge in [-0.25, -0.2) is 10.4 Å². The largest absolute Gasteiger partial charge is 0.493 e. The van der Waals surface area contributed by atoms with E-state index in [-0.39, 0.29) is 0 Å². The van der Waals surface area contributed by atoms with Crippen molar-refractivity contribution in [3.05, 3.63) is 45.5 Å². The second kappa shape index (κ2) is 7.52. The van der Waals surface area contributed by atoms with E-state index >= 15 is 0 Å². The lowest BCUT2D eigenvalue weighted by Crippen LogP contribution is -1.99. The van der Waals surface area contributed by atoms with E-state index in [9.17, 15) is 0 Å². The summed E-state index contributed by atoms with van der Waals surface area (Å²) in [5, 5.41) is 4.23. The van der Waals surface area contributed by atoms with E-state index in [1.807, 2.05) is 43.3 Å². The Hall–Kier alpha value is -2.29. The van der Waals surface area contributed by atoms with Crippen LogP contribution in [-0.4, -0.2) is 29.9 Å². The van der Waals surface area contributed by atoms with E-state index < -0.39 is 0 Å². The molecule has 24 heavy (non-hydrogen) atoms. The molecule has 3 aromatic rings. The number of H-pyrrole nitrogens is 1. The Morgan fingerprint density at radius 2 is 2.17 bits per heavy atom. The number of methoxy groups -OCH3 is 1. The number of aromatic nitrogens is 2. The summed E-state index contributed by atoms with van der Waals surface area (Å²) in [6, 6.07) is 11.7. The van der Waals surface area contributed by atoms with Gasteiger partial charge in [0.1, 0.15) is 0 Å². The smallest absolute Gasteiger partial charge is 0.222 e. The highest BCUT2D eigenvalue weighted by Gasteiger charge is 2.10. The molecule has 0 spiro atoms. The number of ether oxygens (including phenoxy) is 2. The summed E-state index contributed by atoms with van der Waals surface area (Å²) in [7, 11) is 1.63. The highest BCUT2D eigenvalue weighted by molar-refractivity contribution is 14.1. The first-order valence-corrected chi connectivity index (χ1v) is 8.53. The van der Waals surface area contributed by atoms with Gasteiger partial charge in [-0.1, -0.05) is 12.1 Å². The predicted molar refractivity (Wildman–Crippen MR) is 104 cm³/mol. The number of para-hydroxylation sites is 2. The number of rotatable bonds is 6. The number of imidazole rings is 1. The van der Waals surface area contributed by atoms with E-state index in [1.54, 1.807) is 13.3 Å². The zero-order valence-corrected chi connectivity index (χ0v) is 15.5. The van der Waals surface area contributed by atoms with E-state index in [0.29, 0.717) is 18.3 Å². The highest BCUT2D eigenvalue weighted by Crippen LogP contribution is 2.33. The minimum absolute atomic E-state index is 0.591. The molecule has 0 bridgehead atoms. The molecule has 0 saturated carbocycles. The van der Waals surface area contributed by atoms with Crippen molar-refractivity contribution >= 4 is 45.8 Å². The SMILES string of the molecule is CCOc1c(I)cc(C=NNc2nc3ccccc3[nH]2)cc1OC. The second-order valence-corrected chi connectivity index (χ2v) is 6.10. The van der Waals surface area contributed by atoms with Gasteiger partial charge in [0, 0.05) is 0 Å². The first kappa shape index (κ1) is 16.6. The first-order valence-electron chi connectivity index (χ1n) is 7.45. The van der Waals surface area contributed by atoms with Crippen LogP contribution in [-0.2, 0) is 0 Å². The maximum absolute atomic E-state index is 5.61. The van der Waals surface area contributed by atoms with Crippen molar-refractivity contribution in [3.63, 3.8) is 0 Å². The van der Waals surface area contributed by atoms with Crippen LogP contribution in [0.15, 0.2) is 41.5 Å². The molecule has 7 heteroatoms. The van der Waals surface area contributed by atoms with Crippen molar-refractivity contribution in [1.29, 1.82) is 0 Å². The number of halogens is 1. The van der Waals surface area contributed by atoms with Crippen LogP contribution in [0.1, 0.15) is 12.5 Å². The van der Waals surface area contributed by atoms with Crippen LogP contribution < -0.4 is 14.9 Å². The molecular formula is C17H17IN4O2. The maximum Gasteiger partial charge on any atom is 0.222 e. The van der Waals surface area contributed by atoms with Crippen molar-refractivity contribution in [3.8, 4) is 11.5 Å². The maximum atomic E-state index is 5.61. The van der Waals surface area contributed by atoms with Crippen molar-refractivity contribution in [2.24, 2.45) is 5.10 Å². The van der Waals surface area contributed by atoms with Gasteiger partial charge in [-0.3, -0.25) is 0 Å². The minimum atomic E-state index is 0.591. The normalized spacial score (nSPS) is 11.1. The van der Waals surface area contributed by atoms with Crippen LogP contribution in [0, 0.1) is 3.57 Å². The quantitative estimate of drug-likeness (QED) is 0.348. The summed E-state index contributed by atoms with van der Waals surface area (Å²) in [6.07, 6.45) is 1.72. The Morgan fingerprint density at radius 1 is 1.33 bits per heavy atom. The molecule has 0 aliphatic carbocycles. The molecule has 0 saturated heterocycles. The summed E-state index contributed by atoms with van der Waals surface area (Å²) < 4.78 is 12.0. The van der Waals surface area contributed by atoms with Gasteiger partial charge in [0.15, 0.2) is 11.5 Å². The van der Waals surface area contributed by atoms with Gasteiger partial charge in [0.05, 0.1) is 34.5 Å². The van der Waals surface area contributed by atoms with Crippen LogP contribution in [0.2, 0.25) is 0 Å². The Kier molecular flexibility index (Phi) is 5.19. The molecule has 3 rings (SSSR count). The fourth-order valence-corrected chi connectivity index (χ4v) is 3.05. The summed E-state index contributed by atoms with van der Waals surface area (Å²) >= 11 is 2.23. The molecule has 1 heterocycles. The van der Waals surface area contributed by atoms with Crippen LogP contribution in [0.5, 0.6) is 11.5 Å². The summed E-state index contributed by atoms with van der Waals surface area (Å²) in [5.41, 5.74) is 5.67. The summed E-state index contributed by atoms with van der Waals surface area (Å²) in [4.78, 5) is 7.57. The fourth-order valence-electron chi connectivity index (χ4n) is 2.27. The standard InChI is InChI=1S/C17H17IN4O2/c1-3-24-16-12(18)8-11(9-15(16)23-2)10-19-22-17-20-13-6-4-5-7-14(13)21-17/h4-10H,3H2,1-2H3,(H2,20,21,22). The molecule has 1 aromatic heterocycles. The molecule has 0 fully saturated rings. The van der Waals surface area contributed by atoms with Crippen LogP contribution in [0.3, 0.4) is 0 Å². The van der Waals surface area contributed by atoms with E-state index in [1.165, 1.54) is 0 Å². The van der Waals surface area contributed by atoms with Crippen LogP contribution >= 0.6 is 22.6 Å². The van der Waals surface area contributed by atoms with Crippen molar-refractivity contribution < 1.29 is 9.47 Å². The van der Waals surface area contributed by atoms with E-state index in [4.69, 9.17) is 9.47 Å². The molecule has 2 N–H and O–H groups in total. The third-order valence-electron chi connectivity index (χ3n) is 3.31. The topological polar surface area (TPSA) is 71.5 Å². The van der Waals surface area contributed by atoms with E-state index in [0.717, 1.165) is 25.9 Å². The van der Waals surface area contributed by atoms with Gasteiger partial charge in [-0.05, 0) is 59.3 Å². The van der Waals surface area contributed by atoms with Crippen molar-refractivity contribution in [2.75, 3.05) is 19.1 Å². The molecule has 0 radical (unpaired) electrons. The van der Waals surface area contributed by atoms with Crippen molar-refractivity contribution in [2.45, 2.75) is 6.92 Å². The molecular weight excluding hydrogens is 419 g/mol. The molecule has 0 unspecified atom stereocenters. The zero-order chi connectivity index (χ0) is 16.9. The Morgan fingerprint density at radius 3 is 2.92 bits per heavy atom. The number of nitrogens with zero attached hydrogens (tertiary/aromatic N) is 2. The van der Waals surface area contributed by atoms with E-state index in [2.05, 4.69) is 43.1 Å². The molecule has 124 valence electrons. The Labute approximate surface area is 153 Å². The Bertz CT molecular complexity index is 843. The van der Waals surface area contributed by atoms with Gasteiger partial charge < -0.3 is 14.5 Å². The highest BCUT2D eigenvalue weighted by atomic mass is 127. The minimum Gasteiger partial charge on any atom is -0.493 e. The number of hydrogen-bond donors (Lipinski definition) is 2. The Balaban J connectivity index is 1.77. The third kappa shape index (κ3) is 3.61. The number of benzene rings is 2. The second-order valence-electron chi connectivity index (χ2n) is 4.94. The van der Waals surface area contributed by atoms with Gasteiger partial charge in [0.25, 0.3) is 0 Å². The van der Waals surface area contributed by atoms with Gasteiger partial charge >= 0.3 is 0 Å². The van der Waals surface area contributed by atoms with Crippen molar-refractivity contribution in [1.82, 2.24) is 9.97 Å². The molecule has 0 amide bonds. The van der Waals surface area contributed by atoms with Gasteiger partial charge in [-0.2, -0.15) is 5.10 Å². The fraction of sp³-hybridized carbons (Fsp3) is 0.176. The zero-order valence-electron chi connectivity index (χ0n) is 13.3. The molecule has 6 nitrogen and oxygen atoms in total. The summed E-state index contributed by atoms with van der Waals surface area (Å²) in [6.45, 7) is 2.54. The monoisotopic (exact) mass is 436 g/mol. The number of hydrogen-bond acceptors (Lipinski definition) is 5. The van der Waals surface area contributed by atoms with Crippen LogP contribution in [0.25, 0.3) is 11.0 Å². The van der Waals surface area contributed by atoms with Gasteiger partial charge in [-0.15, -0.1) is 0 Å². The first-order chi connectivity index (χ1) is 11.7. The number of hydrazone groups is 1. The number of nitrogens with one attached hydrogen (secondary N) is 2. The molecule has 0 aliphatic heterocycles. The number of anilines is 1. The number of aromatic amines is 1. The molecule has 2 aromatic carbocycles. The third-order valence-corrected chi connectivity index (χ3v) is 4.12. The number of fused-ring (bicyclic) bond motifs is 1. The average molecular weight is 436 g/mol.